The quantitative estimate of drug-likeness (QED) is 0.185. The summed E-state index contributed by atoms with van der Waals surface area (Å²) in [4.78, 5) is 38.1. The van der Waals surface area contributed by atoms with Gasteiger partial charge in [0.05, 0.1) is 24.0 Å². The second-order valence-corrected chi connectivity index (χ2v) is 7.95. The number of anilines is 2. The fourth-order valence-corrected chi connectivity index (χ4v) is 3.72. The molecular weight excluding hydrogens is 446 g/mol. The van der Waals surface area contributed by atoms with Crippen molar-refractivity contribution < 1.29 is 14.7 Å². The number of hydrogen-bond donors (Lipinski definition) is 5. The van der Waals surface area contributed by atoms with E-state index in [4.69, 9.17) is 16.2 Å². The third-order valence-electron chi connectivity index (χ3n) is 5.56. The van der Waals surface area contributed by atoms with E-state index in [0.717, 1.165) is 11.2 Å². The number of amidine groups is 1. The summed E-state index contributed by atoms with van der Waals surface area (Å²) in [5.41, 5.74) is 9.57. The predicted octanol–water partition coefficient (Wildman–Crippen LogP) is 3.28. The molecule has 4 rings (SSSR count). The summed E-state index contributed by atoms with van der Waals surface area (Å²) >= 11 is 0. The molecule has 2 aromatic heterocycles. The number of carbonyl (C=O) groups is 2. The first-order valence-electron chi connectivity index (χ1n) is 10.9. The van der Waals surface area contributed by atoms with E-state index in [2.05, 4.69) is 20.3 Å². The fraction of sp³-hybridized carbons (Fsp3) is 0.160. The van der Waals surface area contributed by atoms with Crippen molar-refractivity contribution in [3.63, 3.8) is 0 Å². The Balaban J connectivity index is 1.57. The van der Waals surface area contributed by atoms with Crippen molar-refractivity contribution in [2.24, 2.45) is 5.73 Å². The number of carboxylic acids is 1. The van der Waals surface area contributed by atoms with Gasteiger partial charge in [0.15, 0.2) is 0 Å². The zero-order valence-electron chi connectivity index (χ0n) is 19.1. The topological polar surface area (TPSA) is 161 Å². The second kappa shape index (κ2) is 10.0. The van der Waals surface area contributed by atoms with Gasteiger partial charge < -0.3 is 21.1 Å². The van der Waals surface area contributed by atoms with Crippen LogP contribution in [0.2, 0.25) is 0 Å². The van der Waals surface area contributed by atoms with Gasteiger partial charge in [-0.2, -0.15) is 0 Å². The Morgan fingerprint density at radius 2 is 1.91 bits per heavy atom. The van der Waals surface area contributed by atoms with Gasteiger partial charge in [-0.1, -0.05) is 6.07 Å². The Hall–Kier alpha value is -4.73. The molecule has 2 aromatic carbocycles. The van der Waals surface area contributed by atoms with Gasteiger partial charge in [-0.25, -0.2) is 9.97 Å². The normalized spacial score (nSPS) is 10.8. The number of carbonyl (C=O) groups excluding carboxylic acids is 1. The maximum absolute atomic E-state index is 13.4. The number of nitrogens with zero attached hydrogens (tertiary/aromatic N) is 3. The Labute approximate surface area is 201 Å². The number of hydrogen-bond acceptors (Lipinski definition) is 6. The molecule has 0 aliphatic heterocycles. The van der Waals surface area contributed by atoms with Crippen molar-refractivity contribution in [3.05, 3.63) is 83.3 Å². The molecule has 0 bridgehead atoms. The van der Waals surface area contributed by atoms with Crippen LogP contribution in [0.4, 0.5) is 11.5 Å². The number of nitrogens with two attached hydrogens (primary N) is 1. The first-order chi connectivity index (χ1) is 16.8. The Morgan fingerprint density at radius 3 is 2.57 bits per heavy atom. The van der Waals surface area contributed by atoms with Gasteiger partial charge in [0.1, 0.15) is 17.5 Å². The van der Waals surface area contributed by atoms with E-state index < -0.39 is 5.97 Å². The van der Waals surface area contributed by atoms with E-state index in [1.54, 1.807) is 48.7 Å². The number of aromatic nitrogens is 3. The van der Waals surface area contributed by atoms with Gasteiger partial charge >= 0.3 is 5.97 Å². The summed E-state index contributed by atoms with van der Waals surface area (Å²) in [7, 11) is 0. The molecule has 0 saturated carbocycles. The molecule has 2 heterocycles. The van der Waals surface area contributed by atoms with E-state index >= 15 is 0 Å². The Kier molecular flexibility index (Phi) is 6.72. The van der Waals surface area contributed by atoms with E-state index in [9.17, 15) is 9.59 Å². The first kappa shape index (κ1) is 23.4. The maximum Gasteiger partial charge on any atom is 0.305 e. The van der Waals surface area contributed by atoms with E-state index in [0.29, 0.717) is 40.4 Å². The number of pyridine rings is 1. The predicted molar refractivity (Wildman–Crippen MR) is 134 cm³/mol. The van der Waals surface area contributed by atoms with Gasteiger partial charge in [0, 0.05) is 29.6 Å². The summed E-state index contributed by atoms with van der Waals surface area (Å²) in [5.74, 6) is -0.236. The number of carboxylic acid groups (broad SMARTS) is 1. The van der Waals surface area contributed by atoms with Crippen LogP contribution in [0.3, 0.4) is 0 Å². The van der Waals surface area contributed by atoms with Crippen LogP contribution in [0.5, 0.6) is 0 Å². The SMILES string of the molecule is Cc1c(C(=O)N(CCC(=O)O)c2ccccn2)ccc2[nH]c(CNc3ccc(C(=N)N)cc3)nc12. The lowest BCUT2D eigenvalue weighted by Crippen LogP contribution is -2.34. The fourth-order valence-electron chi connectivity index (χ4n) is 3.72. The minimum Gasteiger partial charge on any atom is -0.481 e. The summed E-state index contributed by atoms with van der Waals surface area (Å²) in [6.45, 7) is 2.25. The molecule has 0 saturated heterocycles. The maximum atomic E-state index is 13.4. The molecule has 0 aliphatic carbocycles. The van der Waals surface area contributed by atoms with Crippen molar-refractivity contribution in [1.82, 2.24) is 15.0 Å². The summed E-state index contributed by atoms with van der Waals surface area (Å²) in [5, 5.41) is 19.9. The van der Waals surface area contributed by atoms with Crippen LogP contribution >= 0.6 is 0 Å². The molecule has 178 valence electrons. The van der Waals surface area contributed by atoms with Gasteiger partial charge in [0.2, 0.25) is 0 Å². The third kappa shape index (κ3) is 5.27. The number of imidazole rings is 1. The van der Waals surface area contributed by atoms with Crippen LogP contribution < -0.4 is 16.0 Å². The molecule has 10 nitrogen and oxygen atoms in total. The Bertz CT molecular complexity index is 1380. The highest BCUT2D eigenvalue weighted by Crippen LogP contribution is 2.24. The lowest BCUT2D eigenvalue weighted by molar-refractivity contribution is -0.136. The van der Waals surface area contributed by atoms with Gasteiger partial charge in [-0.05, 0) is 61.0 Å². The molecule has 1 amide bonds. The van der Waals surface area contributed by atoms with Crippen molar-refractivity contribution >= 4 is 40.3 Å². The van der Waals surface area contributed by atoms with Crippen LogP contribution in [0, 0.1) is 12.3 Å². The monoisotopic (exact) mass is 471 g/mol. The average Bonchev–Trinajstić information content (AvgIpc) is 3.28. The number of aryl methyl sites for hydroxylation is 1. The zero-order chi connectivity index (χ0) is 24.9. The lowest BCUT2D eigenvalue weighted by Gasteiger charge is -2.22. The molecule has 4 aromatic rings. The summed E-state index contributed by atoms with van der Waals surface area (Å²) in [6.07, 6.45) is 1.36. The van der Waals surface area contributed by atoms with E-state index in [1.165, 1.54) is 4.90 Å². The highest BCUT2D eigenvalue weighted by Gasteiger charge is 2.23. The average molecular weight is 472 g/mol. The molecule has 0 spiro atoms. The Morgan fingerprint density at radius 1 is 1.14 bits per heavy atom. The minimum atomic E-state index is -0.994. The highest BCUT2D eigenvalue weighted by molar-refractivity contribution is 6.08. The molecule has 0 unspecified atom stereocenters. The van der Waals surface area contributed by atoms with Gasteiger partial charge in [-0.15, -0.1) is 0 Å². The third-order valence-corrected chi connectivity index (χ3v) is 5.56. The van der Waals surface area contributed by atoms with Gasteiger partial charge in [0.25, 0.3) is 5.91 Å². The largest absolute Gasteiger partial charge is 0.481 e. The highest BCUT2D eigenvalue weighted by atomic mass is 16.4. The lowest BCUT2D eigenvalue weighted by atomic mass is 10.1. The van der Waals surface area contributed by atoms with Crippen molar-refractivity contribution in [2.45, 2.75) is 19.9 Å². The number of amides is 1. The molecular formula is C25H25N7O3. The number of aliphatic carboxylic acids is 1. The molecule has 0 fully saturated rings. The van der Waals surface area contributed by atoms with Crippen molar-refractivity contribution in [3.8, 4) is 0 Å². The summed E-state index contributed by atoms with van der Waals surface area (Å²) in [6, 6.07) is 15.9. The number of rotatable bonds is 9. The zero-order valence-corrected chi connectivity index (χ0v) is 19.1. The van der Waals surface area contributed by atoms with Crippen LogP contribution in [-0.2, 0) is 11.3 Å². The summed E-state index contributed by atoms with van der Waals surface area (Å²) < 4.78 is 0. The van der Waals surface area contributed by atoms with Crippen LogP contribution in [-0.4, -0.2) is 44.3 Å². The molecule has 35 heavy (non-hydrogen) atoms. The van der Waals surface area contributed by atoms with Gasteiger partial charge in [-0.3, -0.25) is 19.9 Å². The van der Waals surface area contributed by atoms with E-state index in [1.807, 2.05) is 19.1 Å². The molecule has 6 N–H and O–H groups in total. The smallest absolute Gasteiger partial charge is 0.305 e. The van der Waals surface area contributed by atoms with E-state index in [-0.39, 0.29) is 24.7 Å². The number of aromatic amines is 1. The van der Waals surface area contributed by atoms with Crippen LogP contribution in [0.1, 0.15) is 33.7 Å². The van der Waals surface area contributed by atoms with Crippen LogP contribution in [0.15, 0.2) is 60.8 Å². The second-order valence-electron chi connectivity index (χ2n) is 7.95. The number of H-pyrrole nitrogens is 1. The number of fused-ring (bicyclic) bond motifs is 1. The molecule has 10 heteroatoms. The minimum absolute atomic E-state index is 0.000804. The van der Waals surface area contributed by atoms with Crippen molar-refractivity contribution in [1.29, 1.82) is 5.41 Å². The number of nitrogens with one attached hydrogen (secondary N) is 3. The molecule has 0 atom stereocenters. The van der Waals surface area contributed by atoms with Crippen molar-refractivity contribution in [2.75, 3.05) is 16.8 Å². The first-order valence-corrected chi connectivity index (χ1v) is 10.9. The number of benzene rings is 2. The standard InChI is InChI=1S/C25H25N7O3/c1-15-18(25(35)32(13-11-22(33)34)21-4-2-3-12-28-21)9-10-19-23(15)31-20(30-19)14-29-17-7-5-16(6-8-17)24(26)27/h2-10,12,29H,11,13-14H2,1H3,(H3,26,27)(H,30,31)(H,33,34). The number of nitrogen functional groups attached to an aromatic ring is 1. The van der Waals surface area contributed by atoms with Crippen LogP contribution in [0.25, 0.3) is 11.0 Å². The molecule has 0 aliphatic rings. The molecule has 0 radical (unpaired) electrons.